The molecule has 0 aliphatic carbocycles. The summed E-state index contributed by atoms with van der Waals surface area (Å²) < 4.78 is 0. The van der Waals surface area contributed by atoms with Gasteiger partial charge in [0.05, 0.1) is 6.34 Å². The second-order valence-corrected chi connectivity index (χ2v) is 4.13. The van der Waals surface area contributed by atoms with Gasteiger partial charge in [0.2, 0.25) is 0 Å². The lowest BCUT2D eigenvalue weighted by atomic mass is 10.2. The van der Waals surface area contributed by atoms with Crippen LogP contribution < -0.4 is 5.73 Å². The Morgan fingerprint density at radius 2 is 2.00 bits per heavy atom. The Balaban J connectivity index is 0.000000873. The van der Waals surface area contributed by atoms with E-state index in [1.807, 2.05) is 13.8 Å². The first-order valence-corrected chi connectivity index (χ1v) is 6.08. The minimum absolute atomic E-state index is 0.0539. The molecule has 0 amide bonds. The summed E-state index contributed by atoms with van der Waals surface area (Å²) in [6.45, 7) is 8.07. The lowest BCUT2D eigenvalue weighted by Crippen LogP contribution is -2.36. The van der Waals surface area contributed by atoms with Crippen LogP contribution in [0.2, 0.25) is 0 Å². The first-order valence-electron chi connectivity index (χ1n) is 6.08. The van der Waals surface area contributed by atoms with Crippen LogP contribution >= 0.6 is 0 Å². The van der Waals surface area contributed by atoms with Crippen molar-refractivity contribution < 1.29 is 0 Å². The molecule has 100 valence electrons. The second-order valence-electron chi connectivity index (χ2n) is 4.13. The van der Waals surface area contributed by atoms with E-state index >= 15 is 0 Å². The number of aromatic nitrogens is 1. The van der Waals surface area contributed by atoms with E-state index in [2.05, 4.69) is 18.8 Å². The smallest absolute Gasteiger partial charge is 0.152 e. The molecule has 0 radical (unpaired) electrons. The van der Waals surface area contributed by atoms with Gasteiger partial charge in [0.25, 0.3) is 0 Å². The predicted molar refractivity (Wildman–Crippen MR) is 77.2 cm³/mol. The van der Waals surface area contributed by atoms with Gasteiger partial charge in [-0.05, 0) is 26.0 Å². The number of nitrogens with two attached hydrogens (primary N) is 1. The van der Waals surface area contributed by atoms with Gasteiger partial charge in [-0.15, -0.1) is 0 Å². The monoisotopic (exact) mass is 249 g/mol. The molecule has 0 fully saturated rings. The largest absolute Gasteiger partial charge is 0.384 e. The maximum absolute atomic E-state index is 7.87. The molecule has 0 saturated carbocycles. The fourth-order valence-electron chi connectivity index (χ4n) is 1.19. The van der Waals surface area contributed by atoms with Crippen LogP contribution in [-0.2, 0) is 0 Å². The molecule has 0 bridgehead atoms. The van der Waals surface area contributed by atoms with Gasteiger partial charge in [-0.3, -0.25) is 10.8 Å². The number of pyridine rings is 1. The summed E-state index contributed by atoms with van der Waals surface area (Å²) in [6.07, 6.45) is 2.37. The molecule has 1 heterocycles. The average molecular weight is 249 g/mol. The first-order chi connectivity index (χ1) is 8.47. The Morgan fingerprint density at radius 3 is 2.39 bits per heavy atom. The number of amidine groups is 1. The fourth-order valence-corrected chi connectivity index (χ4v) is 1.19. The summed E-state index contributed by atoms with van der Waals surface area (Å²) in [5.41, 5.74) is 6.01. The van der Waals surface area contributed by atoms with Crippen LogP contribution in [0.5, 0.6) is 0 Å². The molecule has 1 aromatic heterocycles. The van der Waals surface area contributed by atoms with E-state index in [-0.39, 0.29) is 11.9 Å². The maximum atomic E-state index is 7.87. The van der Waals surface area contributed by atoms with Crippen molar-refractivity contribution in [1.29, 1.82) is 10.8 Å². The fraction of sp³-hybridized carbons (Fsp3) is 0.462. The van der Waals surface area contributed by atoms with Crippen LogP contribution in [0, 0.1) is 10.8 Å². The van der Waals surface area contributed by atoms with E-state index in [1.54, 1.807) is 18.2 Å². The van der Waals surface area contributed by atoms with Crippen molar-refractivity contribution in [2.45, 2.75) is 40.2 Å². The van der Waals surface area contributed by atoms with Gasteiger partial charge >= 0.3 is 0 Å². The quantitative estimate of drug-likeness (QED) is 0.568. The lowest BCUT2D eigenvalue weighted by Gasteiger charge is -2.23. The van der Waals surface area contributed by atoms with Gasteiger partial charge in [-0.1, -0.05) is 26.3 Å². The maximum Gasteiger partial charge on any atom is 0.152 e. The zero-order chi connectivity index (χ0) is 14.1. The van der Waals surface area contributed by atoms with Gasteiger partial charge in [0, 0.05) is 6.04 Å². The highest BCUT2D eigenvalue weighted by Gasteiger charge is 2.13. The minimum Gasteiger partial charge on any atom is -0.384 e. The highest BCUT2D eigenvalue weighted by atomic mass is 15.2. The number of rotatable bonds is 3. The van der Waals surface area contributed by atoms with Crippen molar-refractivity contribution in [1.82, 2.24) is 9.88 Å². The van der Waals surface area contributed by atoms with Gasteiger partial charge in [-0.25, -0.2) is 4.98 Å². The van der Waals surface area contributed by atoms with E-state index in [9.17, 15) is 0 Å². The van der Waals surface area contributed by atoms with Gasteiger partial charge in [0.1, 0.15) is 11.5 Å². The van der Waals surface area contributed by atoms with Crippen molar-refractivity contribution >= 4 is 18.0 Å². The lowest BCUT2D eigenvalue weighted by molar-refractivity contribution is 0.507. The number of nitrogens with one attached hydrogen (secondary N) is 2. The minimum atomic E-state index is 0.0539. The molecule has 0 aliphatic rings. The molecule has 0 spiro atoms. The third-order valence-electron chi connectivity index (χ3n) is 1.97. The summed E-state index contributed by atoms with van der Waals surface area (Å²) >= 11 is 0. The SMILES string of the molecule is CC(C)N(C=N)C(=N)c1cccc(N)n1.CCC. The molecule has 1 aromatic rings. The van der Waals surface area contributed by atoms with Crippen LogP contribution in [0.4, 0.5) is 5.82 Å². The Hall–Kier alpha value is -1.91. The van der Waals surface area contributed by atoms with E-state index < -0.39 is 0 Å². The van der Waals surface area contributed by atoms with Gasteiger partial charge in [-0.2, -0.15) is 0 Å². The number of hydrogen-bond donors (Lipinski definition) is 3. The third kappa shape index (κ3) is 4.95. The zero-order valence-corrected chi connectivity index (χ0v) is 11.6. The Morgan fingerprint density at radius 1 is 1.44 bits per heavy atom. The summed E-state index contributed by atoms with van der Waals surface area (Å²) in [4.78, 5) is 5.55. The van der Waals surface area contributed by atoms with Crippen molar-refractivity contribution in [2.24, 2.45) is 0 Å². The molecular formula is C13H23N5. The van der Waals surface area contributed by atoms with Crippen molar-refractivity contribution in [2.75, 3.05) is 5.73 Å². The molecule has 0 aliphatic heterocycles. The number of nitrogen functional groups attached to an aromatic ring is 1. The molecule has 0 saturated heterocycles. The summed E-state index contributed by atoms with van der Waals surface area (Å²) in [7, 11) is 0. The average Bonchev–Trinajstić information content (AvgIpc) is 2.30. The molecule has 18 heavy (non-hydrogen) atoms. The summed E-state index contributed by atoms with van der Waals surface area (Å²) in [5, 5.41) is 15.1. The van der Waals surface area contributed by atoms with Crippen molar-refractivity contribution in [3.8, 4) is 0 Å². The van der Waals surface area contributed by atoms with Crippen molar-refractivity contribution in [3.05, 3.63) is 23.9 Å². The molecule has 4 N–H and O–H groups in total. The summed E-state index contributed by atoms with van der Waals surface area (Å²) in [6, 6.07) is 5.17. The van der Waals surface area contributed by atoms with E-state index in [0.29, 0.717) is 11.5 Å². The highest BCUT2D eigenvalue weighted by Crippen LogP contribution is 2.06. The molecule has 0 aromatic carbocycles. The Labute approximate surface area is 109 Å². The van der Waals surface area contributed by atoms with E-state index in [4.69, 9.17) is 16.6 Å². The normalized spacial score (nSPS) is 9.39. The van der Waals surface area contributed by atoms with Crippen LogP contribution in [0.1, 0.15) is 39.8 Å². The highest BCUT2D eigenvalue weighted by molar-refractivity contribution is 6.01. The number of nitrogens with zero attached hydrogens (tertiary/aromatic N) is 2. The number of hydrogen-bond acceptors (Lipinski definition) is 4. The van der Waals surface area contributed by atoms with E-state index in [1.165, 1.54) is 11.3 Å². The van der Waals surface area contributed by atoms with Crippen LogP contribution in [0.15, 0.2) is 18.2 Å². The molecular weight excluding hydrogens is 226 g/mol. The Bertz CT molecular complexity index is 387. The Kier molecular flexibility index (Phi) is 7.35. The summed E-state index contributed by atoms with van der Waals surface area (Å²) in [5.74, 6) is 0.568. The molecule has 5 heteroatoms. The number of anilines is 1. The predicted octanol–water partition coefficient (Wildman–Crippen LogP) is 2.72. The second kappa shape index (κ2) is 8.22. The van der Waals surface area contributed by atoms with Gasteiger partial charge in [0.15, 0.2) is 5.84 Å². The van der Waals surface area contributed by atoms with Gasteiger partial charge < -0.3 is 10.6 Å². The first kappa shape index (κ1) is 16.1. The molecule has 0 atom stereocenters. The topological polar surface area (TPSA) is 89.9 Å². The van der Waals surface area contributed by atoms with Crippen LogP contribution in [0.3, 0.4) is 0 Å². The van der Waals surface area contributed by atoms with Crippen LogP contribution in [0.25, 0.3) is 0 Å². The standard InChI is InChI=1S/C10H15N5.C3H8/c1-7(2)15(6-11)10(13)8-4-3-5-9(12)14-8;1-3-2/h3-7,11,13H,1-2H3,(H2,12,14);3H2,1-2H3. The zero-order valence-electron chi connectivity index (χ0n) is 11.6. The van der Waals surface area contributed by atoms with Crippen LogP contribution in [-0.4, -0.2) is 28.1 Å². The molecule has 0 unspecified atom stereocenters. The van der Waals surface area contributed by atoms with Crippen molar-refractivity contribution in [3.63, 3.8) is 0 Å². The van der Waals surface area contributed by atoms with E-state index in [0.717, 1.165) is 6.34 Å². The third-order valence-corrected chi connectivity index (χ3v) is 1.97. The molecule has 5 nitrogen and oxygen atoms in total. The molecule has 1 rings (SSSR count).